The standard InChI is InChI=1S/C21H26N4O4/c1-2-29-21(27)17-5-3-4-6-18(17)24-20(26)19-15-16(7-8-23-19)22-9-10-25-11-13-28-14-12-25/h3-8,15H,2,9-14H2,1H3,(H,22,23)(H,24,26). The number of ether oxygens (including phenoxy) is 2. The average Bonchev–Trinajstić information content (AvgIpc) is 2.75. The zero-order valence-electron chi connectivity index (χ0n) is 16.5. The Morgan fingerprint density at radius 3 is 2.79 bits per heavy atom. The molecule has 0 radical (unpaired) electrons. The van der Waals surface area contributed by atoms with E-state index in [0.717, 1.165) is 45.1 Å². The Morgan fingerprint density at radius 2 is 2.00 bits per heavy atom. The van der Waals surface area contributed by atoms with E-state index in [0.29, 0.717) is 11.3 Å². The van der Waals surface area contributed by atoms with E-state index in [-0.39, 0.29) is 12.3 Å². The quantitative estimate of drug-likeness (QED) is 0.659. The number of esters is 1. The first kappa shape index (κ1) is 20.8. The number of nitrogens with one attached hydrogen (secondary N) is 2. The van der Waals surface area contributed by atoms with Gasteiger partial charge in [0, 0.05) is 38.1 Å². The second kappa shape index (κ2) is 10.5. The Morgan fingerprint density at radius 1 is 1.21 bits per heavy atom. The highest BCUT2D eigenvalue weighted by atomic mass is 16.5. The number of benzene rings is 1. The first-order chi connectivity index (χ1) is 14.2. The van der Waals surface area contributed by atoms with E-state index < -0.39 is 11.9 Å². The molecule has 8 heteroatoms. The fourth-order valence-corrected chi connectivity index (χ4v) is 3.01. The highest BCUT2D eigenvalue weighted by Crippen LogP contribution is 2.18. The van der Waals surface area contributed by atoms with Crippen molar-refractivity contribution in [3.63, 3.8) is 0 Å². The maximum atomic E-state index is 12.6. The van der Waals surface area contributed by atoms with Crippen LogP contribution in [0.4, 0.5) is 11.4 Å². The molecular weight excluding hydrogens is 372 g/mol. The van der Waals surface area contributed by atoms with Crippen molar-refractivity contribution in [3.05, 3.63) is 53.9 Å². The van der Waals surface area contributed by atoms with E-state index >= 15 is 0 Å². The molecule has 1 fully saturated rings. The van der Waals surface area contributed by atoms with Crippen molar-refractivity contribution in [1.29, 1.82) is 0 Å². The summed E-state index contributed by atoms with van der Waals surface area (Å²) in [4.78, 5) is 31.2. The molecule has 8 nitrogen and oxygen atoms in total. The van der Waals surface area contributed by atoms with Gasteiger partial charge in [-0.05, 0) is 31.2 Å². The molecule has 1 saturated heterocycles. The van der Waals surface area contributed by atoms with E-state index in [1.54, 1.807) is 43.5 Å². The molecule has 1 aromatic carbocycles. The number of morpholine rings is 1. The lowest BCUT2D eigenvalue weighted by molar-refractivity contribution is 0.0398. The summed E-state index contributed by atoms with van der Waals surface area (Å²) in [6, 6.07) is 10.3. The van der Waals surface area contributed by atoms with Crippen molar-refractivity contribution in [1.82, 2.24) is 9.88 Å². The number of nitrogens with zero attached hydrogens (tertiary/aromatic N) is 2. The summed E-state index contributed by atoms with van der Waals surface area (Å²) < 4.78 is 10.4. The van der Waals surface area contributed by atoms with Crippen LogP contribution in [0.2, 0.25) is 0 Å². The minimum absolute atomic E-state index is 0.264. The number of rotatable bonds is 8. The van der Waals surface area contributed by atoms with Crippen molar-refractivity contribution < 1.29 is 19.1 Å². The third-order valence-corrected chi connectivity index (χ3v) is 4.52. The van der Waals surface area contributed by atoms with Crippen LogP contribution in [0.1, 0.15) is 27.8 Å². The van der Waals surface area contributed by atoms with Gasteiger partial charge >= 0.3 is 5.97 Å². The van der Waals surface area contributed by atoms with Crippen LogP contribution in [0.5, 0.6) is 0 Å². The van der Waals surface area contributed by atoms with E-state index in [2.05, 4.69) is 20.5 Å². The number of hydrogen-bond acceptors (Lipinski definition) is 7. The molecule has 1 aliphatic heterocycles. The molecule has 1 aromatic heterocycles. The maximum Gasteiger partial charge on any atom is 0.340 e. The van der Waals surface area contributed by atoms with Gasteiger partial charge in [0.05, 0.1) is 31.1 Å². The van der Waals surface area contributed by atoms with Gasteiger partial charge in [0.2, 0.25) is 0 Å². The summed E-state index contributed by atoms with van der Waals surface area (Å²) in [5.41, 5.74) is 1.78. The summed E-state index contributed by atoms with van der Waals surface area (Å²) in [7, 11) is 0. The highest BCUT2D eigenvalue weighted by Gasteiger charge is 2.16. The minimum Gasteiger partial charge on any atom is -0.462 e. The normalized spacial score (nSPS) is 14.2. The van der Waals surface area contributed by atoms with Crippen molar-refractivity contribution in [3.8, 4) is 0 Å². The summed E-state index contributed by atoms with van der Waals surface area (Å²) in [5.74, 6) is -0.867. The Labute approximate surface area is 170 Å². The third-order valence-electron chi connectivity index (χ3n) is 4.52. The predicted molar refractivity (Wildman–Crippen MR) is 110 cm³/mol. The second-order valence-corrected chi connectivity index (χ2v) is 6.53. The second-order valence-electron chi connectivity index (χ2n) is 6.53. The van der Waals surface area contributed by atoms with Crippen molar-refractivity contribution in [2.45, 2.75) is 6.92 Å². The molecule has 0 aliphatic carbocycles. The predicted octanol–water partition coefficient (Wildman–Crippen LogP) is 2.25. The monoisotopic (exact) mass is 398 g/mol. The molecule has 154 valence electrons. The van der Waals surface area contributed by atoms with Gasteiger partial charge in [0.1, 0.15) is 5.69 Å². The van der Waals surface area contributed by atoms with Crippen molar-refractivity contribution in [2.75, 3.05) is 56.6 Å². The van der Waals surface area contributed by atoms with Gasteiger partial charge in [-0.1, -0.05) is 12.1 Å². The summed E-state index contributed by atoms with van der Waals surface area (Å²) in [5, 5.41) is 6.07. The molecule has 1 aliphatic rings. The lowest BCUT2D eigenvalue weighted by atomic mass is 10.1. The van der Waals surface area contributed by atoms with Gasteiger partial charge in [0.15, 0.2) is 0 Å². The zero-order chi connectivity index (χ0) is 20.5. The van der Waals surface area contributed by atoms with E-state index in [1.165, 1.54) is 0 Å². The largest absolute Gasteiger partial charge is 0.462 e. The Kier molecular flexibility index (Phi) is 7.54. The smallest absolute Gasteiger partial charge is 0.340 e. The van der Waals surface area contributed by atoms with Gasteiger partial charge in [-0.25, -0.2) is 4.79 Å². The number of anilines is 2. The fourth-order valence-electron chi connectivity index (χ4n) is 3.01. The minimum atomic E-state index is -0.477. The van der Waals surface area contributed by atoms with Crippen LogP contribution < -0.4 is 10.6 Å². The van der Waals surface area contributed by atoms with Crippen LogP contribution >= 0.6 is 0 Å². The van der Waals surface area contributed by atoms with E-state index in [4.69, 9.17) is 9.47 Å². The number of para-hydroxylation sites is 1. The van der Waals surface area contributed by atoms with E-state index in [1.807, 2.05) is 6.07 Å². The number of hydrogen-bond donors (Lipinski definition) is 2. The fraction of sp³-hybridized carbons (Fsp3) is 0.381. The summed E-state index contributed by atoms with van der Waals surface area (Å²) in [6.07, 6.45) is 1.59. The SMILES string of the molecule is CCOC(=O)c1ccccc1NC(=O)c1cc(NCCN2CCOCC2)ccn1. The van der Waals surface area contributed by atoms with Gasteiger partial charge in [-0.2, -0.15) is 0 Å². The van der Waals surface area contributed by atoms with Crippen molar-refractivity contribution in [2.24, 2.45) is 0 Å². The van der Waals surface area contributed by atoms with Crippen LogP contribution in [-0.2, 0) is 9.47 Å². The summed E-state index contributed by atoms with van der Waals surface area (Å²) in [6.45, 7) is 7.08. The molecule has 0 atom stereocenters. The van der Waals surface area contributed by atoms with Crippen molar-refractivity contribution >= 4 is 23.3 Å². The zero-order valence-corrected chi connectivity index (χ0v) is 16.5. The first-order valence-electron chi connectivity index (χ1n) is 9.75. The van der Waals surface area contributed by atoms with E-state index in [9.17, 15) is 9.59 Å². The number of carbonyl (C=O) groups is 2. The van der Waals surface area contributed by atoms with Gasteiger partial charge in [-0.3, -0.25) is 14.7 Å². The molecule has 2 aromatic rings. The van der Waals surface area contributed by atoms with Gasteiger partial charge in [0.25, 0.3) is 5.91 Å². The van der Waals surface area contributed by atoms with Crippen LogP contribution in [0, 0.1) is 0 Å². The molecule has 0 unspecified atom stereocenters. The third kappa shape index (κ3) is 6.00. The average molecular weight is 398 g/mol. The number of aromatic nitrogens is 1. The number of carbonyl (C=O) groups excluding carboxylic acids is 2. The van der Waals surface area contributed by atoms with Crippen LogP contribution in [0.25, 0.3) is 0 Å². The molecule has 3 rings (SSSR count). The molecule has 0 saturated carbocycles. The summed E-state index contributed by atoms with van der Waals surface area (Å²) >= 11 is 0. The Hall–Kier alpha value is -2.97. The van der Waals surface area contributed by atoms with Crippen LogP contribution in [0.15, 0.2) is 42.6 Å². The molecule has 1 amide bonds. The number of pyridine rings is 1. The van der Waals surface area contributed by atoms with Gasteiger partial charge in [-0.15, -0.1) is 0 Å². The lowest BCUT2D eigenvalue weighted by Crippen LogP contribution is -2.39. The lowest BCUT2D eigenvalue weighted by Gasteiger charge is -2.26. The molecular formula is C21H26N4O4. The topological polar surface area (TPSA) is 92.8 Å². The Balaban J connectivity index is 1.60. The van der Waals surface area contributed by atoms with Gasteiger partial charge < -0.3 is 20.1 Å². The molecule has 0 bridgehead atoms. The molecule has 2 heterocycles. The first-order valence-corrected chi connectivity index (χ1v) is 9.75. The molecule has 0 spiro atoms. The molecule has 29 heavy (non-hydrogen) atoms. The number of amides is 1. The Bertz CT molecular complexity index is 837. The highest BCUT2D eigenvalue weighted by molar-refractivity contribution is 6.07. The maximum absolute atomic E-state index is 12.6. The molecule has 2 N–H and O–H groups in total. The van der Waals surface area contributed by atoms with Crippen LogP contribution in [0.3, 0.4) is 0 Å². The van der Waals surface area contributed by atoms with Crippen LogP contribution in [-0.4, -0.2) is 67.8 Å².